The van der Waals surface area contributed by atoms with Gasteiger partial charge in [-0.3, -0.25) is 4.79 Å². The number of benzene rings is 2. The van der Waals surface area contributed by atoms with Crippen molar-refractivity contribution < 1.29 is 4.79 Å². The number of hydrogen-bond acceptors (Lipinski definition) is 3. The third kappa shape index (κ3) is 4.31. The number of nitrogens with two attached hydrogens (primary N) is 1. The van der Waals surface area contributed by atoms with Gasteiger partial charge in [0.1, 0.15) is 0 Å². The number of rotatable bonds is 7. The first-order valence-electron chi connectivity index (χ1n) is 9.84. The fraction of sp³-hybridized carbons (Fsp3) is 0.304. The second-order valence-electron chi connectivity index (χ2n) is 7.51. The number of aryl methyl sites for hydroxylation is 1. The number of imidazole rings is 1. The smallest absolute Gasteiger partial charge is 0.237 e. The van der Waals surface area contributed by atoms with Crippen LogP contribution >= 0.6 is 0 Å². The van der Waals surface area contributed by atoms with E-state index >= 15 is 0 Å². The molecule has 3 aromatic rings. The number of carbonyl (C=O) groups is 1. The Kier molecular flexibility index (Phi) is 5.53. The summed E-state index contributed by atoms with van der Waals surface area (Å²) in [6.07, 6.45) is 6.37. The van der Waals surface area contributed by atoms with Gasteiger partial charge in [0.05, 0.1) is 18.1 Å². The fourth-order valence-electron chi connectivity index (χ4n) is 3.92. The van der Waals surface area contributed by atoms with Gasteiger partial charge >= 0.3 is 0 Å². The molecule has 1 unspecified atom stereocenters. The zero-order valence-corrected chi connectivity index (χ0v) is 15.9. The molecule has 1 amide bonds. The molecular formula is C23H26N4O. The zero-order chi connectivity index (χ0) is 19.3. The van der Waals surface area contributed by atoms with E-state index in [1.807, 2.05) is 29.0 Å². The van der Waals surface area contributed by atoms with E-state index in [1.54, 1.807) is 6.33 Å². The minimum Gasteiger partial charge on any atom is -0.354 e. The number of aromatic nitrogens is 2. The fourth-order valence-corrected chi connectivity index (χ4v) is 3.92. The maximum atomic E-state index is 12.4. The summed E-state index contributed by atoms with van der Waals surface area (Å²) in [6.45, 7) is 1.41. The largest absolute Gasteiger partial charge is 0.354 e. The van der Waals surface area contributed by atoms with Crippen molar-refractivity contribution in [2.24, 2.45) is 5.73 Å². The van der Waals surface area contributed by atoms with Crippen molar-refractivity contribution >= 4 is 5.91 Å². The molecule has 1 heterocycles. The molecule has 5 nitrogen and oxygen atoms in total. The van der Waals surface area contributed by atoms with Crippen LogP contribution in [0.15, 0.2) is 67.1 Å². The number of hydrogen-bond donors (Lipinski definition) is 2. The predicted molar refractivity (Wildman–Crippen MR) is 110 cm³/mol. The third-order valence-electron chi connectivity index (χ3n) is 5.44. The van der Waals surface area contributed by atoms with Gasteiger partial charge in [0.2, 0.25) is 5.91 Å². The van der Waals surface area contributed by atoms with Crippen LogP contribution in [0, 0.1) is 0 Å². The Labute approximate surface area is 165 Å². The highest BCUT2D eigenvalue weighted by Gasteiger charge is 2.23. The maximum absolute atomic E-state index is 12.4. The summed E-state index contributed by atoms with van der Waals surface area (Å²) in [5, 5.41) is 3.03. The Hall–Kier alpha value is -2.92. The molecule has 0 saturated carbocycles. The topological polar surface area (TPSA) is 72.9 Å². The van der Waals surface area contributed by atoms with Gasteiger partial charge in [-0.2, -0.15) is 0 Å². The quantitative estimate of drug-likeness (QED) is 0.668. The first-order valence-corrected chi connectivity index (χ1v) is 9.84. The Balaban J connectivity index is 1.28. The van der Waals surface area contributed by atoms with Gasteiger partial charge in [0.25, 0.3) is 0 Å². The van der Waals surface area contributed by atoms with Gasteiger partial charge in [-0.05, 0) is 29.5 Å². The monoisotopic (exact) mass is 374 g/mol. The lowest BCUT2D eigenvalue weighted by Gasteiger charge is -2.15. The third-order valence-corrected chi connectivity index (χ3v) is 5.44. The summed E-state index contributed by atoms with van der Waals surface area (Å²) in [7, 11) is 0. The van der Waals surface area contributed by atoms with E-state index < -0.39 is 6.04 Å². The van der Waals surface area contributed by atoms with Crippen LogP contribution in [0.3, 0.4) is 0 Å². The van der Waals surface area contributed by atoms with Crippen molar-refractivity contribution in [2.75, 3.05) is 6.54 Å². The molecule has 0 aliphatic heterocycles. The summed E-state index contributed by atoms with van der Waals surface area (Å²) in [5.41, 5.74) is 10.9. The van der Waals surface area contributed by atoms with Crippen molar-refractivity contribution in [3.8, 4) is 0 Å². The van der Waals surface area contributed by atoms with Crippen LogP contribution in [-0.4, -0.2) is 28.0 Å². The molecule has 4 rings (SSSR count). The van der Waals surface area contributed by atoms with Crippen molar-refractivity contribution in [2.45, 2.75) is 37.8 Å². The Bertz CT molecular complexity index is 935. The standard InChI is InChI=1S/C23H26N4O/c24-22(12-20-15-27(16-26-20)14-17-6-2-1-3-7-17)23(28)25-13-19-11-10-18-8-4-5-9-21(18)19/h1-9,15-16,19,22H,10-14,24H2,(H,25,28)/t19?,22-/m0/s1. The summed E-state index contributed by atoms with van der Waals surface area (Å²) in [4.78, 5) is 16.8. The molecule has 1 aliphatic rings. The molecule has 0 fully saturated rings. The van der Waals surface area contributed by atoms with Crippen LogP contribution in [0.1, 0.15) is 34.7 Å². The molecule has 0 bridgehead atoms. The van der Waals surface area contributed by atoms with Gasteiger partial charge in [-0.15, -0.1) is 0 Å². The molecular weight excluding hydrogens is 348 g/mol. The molecule has 2 aromatic carbocycles. The molecule has 0 radical (unpaired) electrons. The zero-order valence-electron chi connectivity index (χ0n) is 15.9. The van der Waals surface area contributed by atoms with Crippen LogP contribution in [0.4, 0.5) is 0 Å². The van der Waals surface area contributed by atoms with Gasteiger partial charge < -0.3 is 15.6 Å². The van der Waals surface area contributed by atoms with Gasteiger partial charge in [-0.25, -0.2) is 4.98 Å². The number of nitrogens with zero attached hydrogens (tertiary/aromatic N) is 2. The van der Waals surface area contributed by atoms with E-state index in [2.05, 4.69) is 46.7 Å². The van der Waals surface area contributed by atoms with E-state index in [-0.39, 0.29) is 5.91 Å². The Morgan fingerprint density at radius 3 is 2.82 bits per heavy atom. The lowest BCUT2D eigenvalue weighted by Crippen LogP contribution is -2.43. The SMILES string of the molecule is N[C@@H](Cc1cn(Cc2ccccc2)cn1)C(=O)NCC1CCc2ccccc21. The van der Waals surface area contributed by atoms with Crippen molar-refractivity contribution in [1.29, 1.82) is 0 Å². The van der Waals surface area contributed by atoms with Crippen LogP contribution in [0.2, 0.25) is 0 Å². The summed E-state index contributed by atoms with van der Waals surface area (Å²) >= 11 is 0. The van der Waals surface area contributed by atoms with Crippen molar-refractivity contribution in [3.05, 3.63) is 89.5 Å². The van der Waals surface area contributed by atoms with Crippen LogP contribution in [-0.2, 0) is 24.2 Å². The highest BCUT2D eigenvalue weighted by atomic mass is 16.2. The number of carbonyl (C=O) groups excluding carboxylic acids is 1. The molecule has 3 N–H and O–H groups in total. The van der Waals surface area contributed by atoms with Gasteiger partial charge in [-0.1, -0.05) is 54.6 Å². The summed E-state index contributed by atoms with van der Waals surface area (Å²) in [5.74, 6) is 0.277. The summed E-state index contributed by atoms with van der Waals surface area (Å²) in [6, 6.07) is 18.1. The normalized spacial score (nSPS) is 16.5. The van der Waals surface area contributed by atoms with E-state index in [0.717, 1.165) is 25.1 Å². The second kappa shape index (κ2) is 8.40. The minimum absolute atomic E-state index is 0.109. The minimum atomic E-state index is -0.586. The predicted octanol–water partition coefficient (Wildman–Crippen LogP) is 2.65. The van der Waals surface area contributed by atoms with E-state index in [4.69, 9.17) is 5.73 Å². The Morgan fingerprint density at radius 1 is 1.18 bits per heavy atom. The molecule has 0 spiro atoms. The first-order chi connectivity index (χ1) is 13.7. The van der Waals surface area contributed by atoms with Crippen molar-refractivity contribution in [1.82, 2.24) is 14.9 Å². The molecule has 28 heavy (non-hydrogen) atoms. The maximum Gasteiger partial charge on any atom is 0.237 e. The average Bonchev–Trinajstić information content (AvgIpc) is 3.33. The Morgan fingerprint density at radius 2 is 1.96 bits per heavy atom. The highest BCUT2D eigenvalue weighted by Crippen LogP contribution is 2.32. The van der Waals surface area contributed by atoms with Gasteiger partial charge in [0, 0.05) is 31.6 Å². The molecule has 0 saturated heterocycles. The van der Waals surface area contributed by atoms with E-state index in [0.29, 0.717) is 18.9 Å². The lowest BCUT2D eigenvalue weighted by atomic mass is 10.0. The first kappa shape index (κ1) is 18.4. The lowest BCUT2D eigenvalue weighted by molar-refractivity contribution is -0.122. The highest BCUT2D eigenvalue weighted by molar-refractivity contribution is 5.81. The van der Waals surface area contributed by atoms with Crippen LogP contribution < -0.4 is 11.1 Å². The molecule has 1 aromatic heterocycles. The number of nitrogens with one attached hydrogen (secondary N) is 1. The molecule has 5 heteroatoms. The van der Waals surface area contributed by atoms with E-state index in [1.165, 1.54) is 16.7 Å². The van der Waals surface area contributed by atoms with Crippen LogP contribution in [0.5, 0.6) is 0 Å². The number of amides is 1. The molecule has 1 aliphatic carbocycles. The van der Waals surface area contributed by atoms with Gasteiger partial charge in [0.15, 0.2) is 0 Å². The summed E-state index contributed by atoms with van der Waals surface area (Å²) < 4.78 is 2.02. The molecule has 144 valence electrons. The number of fused-ring (bicyclic) bond motifs is 1. The molecule has 2 atom stereocenters. The van der Waals surface area contributed by atoms with Crippen LogP contribution in [0.25, 0.3) is 0 Å². The van der Waals surface area contributed by atoms with Crippen molar-refractivity contribution in [3.63, 3.8) is 0 Å². The van der Waals surface area contributed by atoms with E-state index in [9.17, 15) is 4.79 Å². The average molecular weight is 374 g/mol. The second-order valence-corrected chi connectivity index (χ2v) is 7.51.